The highest BCUT2D eigenvalue weighted by molar-refractivity contribution is 7.10. The lowest BCUT2D eigenvalue weighted by Crippen LogP contribution is -2.42. The predicted molar refractivity (Wildman–Crippen MR) is 61.4 cm³/mol. The SMILES string of the molecule is NC(=O)CN(CC(=O)O)C(=O)Cc1cccs1. The van der Waals surface area contributed by atoms with Gasteiger partial charge in [0.25, 0.3) is 0 Å². The van der Waals surface area contributed by atoms with Crippen molar-refractivity contribution >= 4 is 29.1 Å². The van der Waals surface area contributed by atoms with Gasteiger partial charge in [0.1, 0.15) is 6.54 Å². The fourth-order valence-corrected chi connectivity index (χ4v) is 1.95. The number of carbonyl (C=O) groups is 3. The van der Waals surface area contributed by atoms with Crippen molar-refractivity contribution < 1.29 is 19.5 Å². The van der Waals surface area contributed by atoms with Crippen molar-refractivity contribution in [2.75, 3.05) is 13.1 Å². The van der Waals surface area contributed by atoms with Crippen LogP contribution in [0.3, 0.4) is 0 Å². The Morgan fingerprint density at radius 1 is 1.35 bits per heavy atom. The van der Waals surface area contributed by atoms with E-state index in [2.05, 4.69) is 0 Å². The van der Waals surface area contributed by atoms with Crippen LogP contribution in [0.25, 0.3) is 0 Å². The molecule has 0 saturated heterocycles. The number of hydrogen-bond acceptors (Lipinski definition) is 4. The second kappa shape index (κ2) is 6.00. The van der Waals surface area contributed by atoms with E-state index in [-0.39, 0.29) is 13.0 Å². The molecule has 0 spiro atoms. The zero-order chi connectivity index (χ0) is 12.8. The number of thiophene rings is 1. The first-order valence-electron chi connectivity index (χ1n) is 4.79. The number of carbonyl (C=O) groups excluding carboxylic acids is 2. The van der Waals surface area contributed by atoms with Crippen LogP contribution in [-0.4, -0.2) is 40.9 Å². The van der Waals surface area contributed by atoms with Gasteiger partial charge in [-0.1, -0.05) is 6.07 Å². The van der Waals surface area contributed by atoms with Gasteiger partial charge in [0, 0.05) is 4.88 Å². The minimum absolute atomic E-state index is 0.0816. The Kier molecular flexibility index (Phi) is 4.65. The third-order valence-corrected chi connectivity index (χ3v) is 2.81. The van der Waals surface area contributed by atoms with Gasteiger partial charge in [-0.15, -0.1) is 11.3 Å². The van der Waals surface area contributed by atoms with E-state index in [1.54, 1.807) is 12.1 Å². The monoisotopic (exact) mass is 256 g/mol. The van der Waals surface area contributed by atoms with Crippen LogP contribution in [0.5, 0.6) is 0 Å². The predicted octanol–water partition coefficient (Wildman–Crippen LogP) is -0.311. The molecule has 1 aromatic heterocycles. The molecule has 0 saturated carbocycles. The van der Waals surface area contributed by atoms with E-state index in [9.17, 15) is 14.4 Å². The first-order chi connectivity index (χ1) is 7.99. The Balaban J connectivity index is 2.65. The molecular weight excluding hydrogens is 244 g/mol. The van der Waals surface area contributed by atoms with E-state index in [4.69, 9.17) is 10.8 Å². The zero-order valence-electron chi connectivity index (χ0n) is 8.96. The number of nitrogens with two attached hydrogens (primary N) is 1. The van der Waals surface area contributed by atoms with Crippen LogP contribution in [0.4, 0.5) is 0 Å². The Morgan fingerprint density at radius 3 is 2.53 bits per heavy atom. The summed E-state index contributed by atoms with van der Waals surface area (Å²) < 4.78 is 0. The molecule has 1 heterocycles. The maximum atomic E-state index is 11.7. The maximum absolute atomic E-state index is 11.7. The molecule has 1 aromatic rings. The molecule has 0 aliphatic heterocycles. The summed E-state index contributed by atoms with van der Waals surface area (Å²) in [6.45, 7) is -0.899. The van der Waals surface area contributed by atoms with Gasteiger partial charge in [-0.25, -0.2) is 0 Å². The van der Waals surface area contributed by atoms with Crippen molar-refractivity contribution in [2.45, 2.75) is 6.42 Å². The second-order valence-corrected chi connectivity index (χ2v) is 4.40. The van der Waals surface area contributed by atoms with Crippen LogP contribution in [0.15, 0.2) is 17.5 Å². The Bertz CT molecular complexity index is 400. The van der Waals surface area contributed by atoms with Crippen LogP contribution < -0.4 is 5.73 Å². The molecule has 0 bridgehead atoms. The van der Waals surface area contributed by atoms with Crippen LogP contribution in [0.1, 0.15) is 4.88 Å². The quantitative estimate of drug-likeness (QED) is 0.729. The van der Waals surface area contributed by atoms with E-state index >= 15 is 0 Å². The first kappa shape index (κ1) is 13.2. The van der Waals surface area contributed by atoms with Gasteiger partial charge in [-0.05, 0) is 11.4 Å². The highest BCUT2D eigenvalue weighted by Gasteiger charge is 2.19. The van der Waals surface area contributed by atoms with E-state index in [1.165, 1.54) is 11.3 Å². The summed E-state index contributed by atoms with van der Waals surface area (Å²) in [6.07, 6.45) is 0.0816. The number of primary amides is 1. The van der Waals surface area contributed by atoms with Crippen molar-refractivity contribution in [2.24, 2.45) is 5.73 Å². The van der Waals surface area contributed by atoms with Gasteiger partial charge in [0.05, 0.1) is 13.0 Å². The van der Waals surface area contributed by atoms with E-state index in [1.807, 2.05) is 5.38 Å². The fourth-order valence-electron chi connectivity index (χ4n) is 1.26. The number of nitrogens with zero attached hydrogens (tertiary/aromatic N) is 1. The molecule has 6 nitrogen and oxygen atoms in total. The summed E-state index contributed by atoms with van der Waals surface area (Å²) in [6, 6.07) is 3.56. The number of rotatable bonds is 6. The summed E-state index contributed by atoms with van der Waals surface area (Å²) in [5, 5.41) is 10.4. The van der Waals surface area contributed by atoms with Crippen molar-refractivity contribution in [1.82, 2.24) is 4.90 Å². The maximum Gasteiger partial charge on any atom is 0.323 e. The van der Waals surface area contributed by atoms with Crippen LogP contribution >= 0.6 is 11.3 Å². The highest BCUT2D eigenvalue weighted by atomic mass is 32.1. The Hall–Kier alpha value is -1.89. The van der Waals surface area contributed by atoms with Crippen molar-refractivity contribution in [3.63, 3.8) is 0 Å². The lowest BCUT2D eigenvalue weighted by atomic mass is 10.3. The fraction of sp³-hybridized carbons (Fsp3) is 0.300. The van der Waals surface area contributed by atoms with E-state index < -0.39 is 24.3 Å². The van der Waals surface area contributed by atoms with Gasteiger partial charge >= 0.3 is 5.97 Å². The summed E-state index contributed by atoms with van der Waals surface area (Å²) in [5.41, 5.74) is 4.96. The molecule has 0 aromatic carbocycles. The third kappa shape index (κ3) is 4.64. The summed E-state index contributed by atoms with van der Waals surface area (Å²) in [4.78, 5) is 34.8. The lowest BCUT2D eigenvalue weighted by Gasteiger charge is -2.18. The smallest absolute Gasteiger partial charge is 0.323 e. The molecule has 17 heavy (non-hydrogen) atoms. The minimum atomic E-state index is -1.18. The van der Waals surface area contributed by atoms with Crippen LogP contribution in [0.2, 0.25) is 0 Å². The molecule has 0 aliphatic rings. The molecule has 0 radical (unpaired) electrons. The summed E-state index contributed by atoms with van der Waals surface area (Å²) in [5.74, 6) is -2.33. The van der Waals surface area contributed by atoms with Crippen molar-refractivity contribution in [3.05, 3.63) is 22.4 Å². The Labute approximate surface area is 102 Å². The number of carboxylic acids is 1. The molecule has 0 fully saturated rings. The Morgan fingerprint density at radius 2 is 2.06 bits per heavy atom. The van der Waals surface area contributed by atoms with Gasteiger partial charge in [-0.3, -0.25) is 14.4 Å². The van der Waals surface area contributed by atoms with Crippen LogP contribution in [-0.2, 0) is 20.8 Å². The second-order valence-electron chi connectivity index (χ2n) is 3.37. The van der Waals surface area contributed by atoms with Gasteiger partial charge in [0.2, 0.25) is 11.8 Å². The normalized spacial score (nSPS) is 9.88. The lowest BCUT2D eigenvalue weighted by molar-refractivity contribution is -0.145. The van der Waals surface area contributed by atoms with Crippen LogP contribution in [0, 0.1) is 0 Å². The summed E-state index contributed by atoms with van der Waals surface area (Å²) >= 11 is 1.40. The molecule has 0 unspecified atom stereocenters. The zero-order valence-corrected chi connectivity index (χ0v) is 9.77. The molecule has 0 atom stereocenters. The molecular formula is C10H12N2O4S. The molecule has 92 valence electrons. The standard InChI is InChI=1S/C10H12N2O4S/c11-8(13)5-12(6-10(15)16)9(14)4-7-2-1-3-17-7/h1-3H,4-6H2,(H2,11,13)(H,15,16). The largest absolute Gasteiger partial charge is 0.480 e. The number of aliphatic carboxylic acids is 1. The summed E-state index contributed by atoms with van der Waals surface area (Å²) in [7, 11) is 0. The number of carboxylic acid groups (broad SMARTS) is 1. The molecule has 1 rings (SSSR count). The van der Waals surface area contributed by atoms with Crippen molar-refractivity contribution in [1.29, 1.82) is 0 Å². The number of amides is 2. The molecule has 2 amide bonds. The van der Waals surface area contributed by atoms with Gasteiger partial charge in [0.15, 0.2) is 0 Å². The molecule has 3 N–H and O–H groups in total. The average Bonchev–Trinajstić information content (AvgIpc) is 2.67. The highest BCUT2D eigenvalue weighted by Crippen LogP contribution is 2.10. The number of hydrogen-bond donors (Lipinski definition) is 2. The topological polar surface area (TPSA) is 101 Å². The minimum Gasteiger partial charge on any atom is -0.480 e. The molecule has 0 aliphatic carbocycles. The van der Waals surface area contributed by atoms with Crippen molar-refractivity contribution in [3.8, 4) is 0 Å². The van der Waals surface area contributed by atoms with E-state index in [0.717, 1.165) is 9.78 Å². The first-order valence-corrected chi connectivity index (χ1v) is 5.67. The molecule has 7 heteroatoms. The van der Waals surface area contributed by atoms with E-state index in [0.29, 0.717) is 0 Å². The third-order valence-electron chi connectivity index (χ3n) is 1.93. The average molecular weight is 256 g/mol. The van der Waals surface area contributed by atoms with Gasteiger partial charge < -0.3 is 15.7 Å². The van der Waals surface area contributed by atoms with Gasteiger partial charge in [-0.2, -0.15) is 0 Å².